The summed E-state index contributed by atoms with van der Waals surface area (Å²) in [6.45, 7) is 6.97. The molecule has 0 amide bonds. The van der Waals surface area contributed by atoms with E-state index in [0.717, 1.165) is 19.3 Å². The zero-order valence-corrected chi connectivity index (χ0v) is 14.1. The number of ether oxygens (including phenoxy) is 1. The molecule has 3 heteroatoms. The molecule has 0 aromatic heterocycles. The zero-order valence-electron chi connectivity index (χ0n) is 14.1. The summed E-state index contributed by atoms with van der Waals surface area (Å²) in [6.07, 6.45) is 10.6. The second-order valence-electron chi connectivity index (χ2n) is 7.52. The predicted octanol–water partition coefficient (Wildman–Crippen LogP) is 4.06. The highest BCUT2D eigenvalue weighted by molar-refractivity contribution is 5.81. The summed E-state index contributed by atoms with van der Waals surface area (Å²) >= 11 is 0. The van der Waals surface area contributed by atoms with E-state index < -0.39 is 5.54 Å². The molecule has 2 unspecified atom stereocenters. The lowest BCUT2D eigenvalue weighted by atomic mass is 9.72. The maximum absolute atomic E-state index is 12.7. The molecule has 0 saturated heterocycles. The topological polar surface area (TPSA) is 38.3 Å². The molecule has 2 rings (SSSR count). The molecule has 0 aliphatic heterocycles. The smallest absolute Gasteiger partial charge is 0.326 e. The quantitative estimate of drug-likeness (QED) is 0.751. The predicted molar refractivity (Wildman–Crippen MR) is 86.2 cm³/mol. The third kappa shape index (κ3) is 4.45. The van der Waals surface area contributed by atoms with Crippen molar-refractivity contribution in [3.05, 3.63) is 0 Å². The summed E-state index contributed by atoms with van der Waals surface area (Å²) in [5.41, 5.74) is -0.400. The molecule has 21 heavy (non-hydrogen) atoms. The van der Waals surface area contributed by atoms with E-state index in [0.29, 0.717) is 24.5 Å². The lowest BCUT2D eigenvalue weighted by Gasteiger charge is -2.41. The van der Waals surface area contributed by atoms with Gasteiger partial charge in [0.1, 0.15) is 5.54 Å². The van der Waals surface area contributed by atoms with E-state index in [1.165, 1.54) is 38.5 Å². The van der Waals surface area contributed by atoms with E-state index in [4.69, 9.17) is 4.74 Å². The Morgan fingerprint density at radius 1 is 1.24 bits per heavy atom. The standard InChI is InChI=1S/C18H33NO2/c1-4-21-17(20)18(19-16-9-5-6-10-16)11-7-8-15(13-18)12-14(2)3/h14-16,19H,4-13H2,1-3H3. The molecule has 0 aromatic rings. The van der Waals surface area contributed by atoms with Crippen LogP contribution in [-0.2, 0) is 9.53 Å². The van der Waals surface area contributed by atoms with Crippen LogP contribution in [0.2, 0.25) is 0 Å². The SMILES string of the molecule is CCOC(=O)C1(NC2CCCC2)CCCC(CC(C)C)C1. The minimum Gasteiger partial charge on any atom is -0.465 e. The second kappa shape index (κ2) is 7.62. The summed E-state index contributed by atoms with van der Waals surface area (Å²) in [5, 5.41) is 3.74. The van der Waals surface area contributed by atoms with E-state index in [9.17, 15) is 4.79 Å². The van der Waals surface area contributed by atoms with Gasteiger partial charge in [-0.2, -0.15) is 0 Å². The van der Waals surface area contributed by atoms with Crippen LogP contribution in [0.1, 0.15) is 78.6 Å². The maximum atomic E-state index is 12.7. The Labute approximate surface area is 130 Å². The average molecular weight is 295 g/mol. The van der Waals surface area contributed by atoms with Crippen LogP contribution < -0.4 is 5.32 Å². The summed E-state index contributed by atoms with van der Waals surface area (Å²) < 4.78 is 5.45. The molecule has 3 nitrogen and oxygen atoms in total. The van der Waals surface area contributed by atoms with Crippen molar-refractivity contribution >= 4 is 5.97 Å². The maximum Gasteiger partial charge on any atom is 0.326 e. The van der Waals surface area contributed by atoms with Crippen LogP contribution in [0.15, 0.2) is 0 Å². The highest BCUT2D eigenvalue weighted by Gasteiger charge is 2.45. The van der Waals surface area contributed by atoms with E-state index in [-0.39, 0.29) is 5.97 Å². The van der Waals surface area contributed by atoms with Gasteiger partial charge in [0.05, 0.1) is 6.61 Å². The Balaban J connectivity index is 2.08. The molecule has 0 heterocycles. The van der Waals surface area contributed by atoms with E-state index in [1.54, 1.807) is 0 Å². The molecule has 2 atom stereocenters. The number of hydrogen-bond donors (Lipinski definition) is 1. The minimum absolute atomic E-state index is 0.00496. The summed E-state index contributed by atoms with van der Waals surface area (Å²) in [5.74, 6) is 1.38. The Kier molecular flexibility index (Phi) is 6.09. The molecule has 0 aromatic carbocycles. The van der Waals surface area contributed by atoms with Crippen LogP contribution in [0.3, 0.4) is 0 Å². The fourth-order valence-corrected chi connectivity index (χ4v) is 4.36. The molecule has 0 spiro atoms. The fourth-order valence-electron chi connectivity index (χ4n) is 4.36. The van der Waals surface area contributed by atoms with Crippen LogP contribution in [-0.4, -0.2) is 24.2 Å². The Hall–Kier alpha value is -0.570. The van der Waals surface area contributed by atoms with Crippen LogP contribution in [0, 0.1) is 11.8 Å². The van der Waals surface area contributed by atoms with Gasteiger partial charge in [-0.25, -0.2) is 0 Å². The van der Waals surface area contributed by atoms with Gasteiger partial charge in [0, 0.05) is 6.04 Å². The van der Waals surface area contributed by atoms with Gasteiger partial charge in [-0.1, -0.05) is 39.5 Å². The van der Waals surface area contributed by atoms with E-state index in [2.05, 4.69) is 19.2 Å². The highest BCUT2D eigenvalue weighted by Crippen LogP contribution is 2.38. The number of esters is 1. The van der Waals surface area contributed by atoms with Crippen molar-refractivity contribution in [1.29, 1.82) is 0 Å². The van der Waals surface area contributed by atoms with Crippen molar-refractivity contribution in [2.75, 3.05) is 6.61 Å². The normalized spacial score (nSPS) is 30.8. The van der Waals surface area contributed by atoms with Gasteiger partial charge in [0.25, 0.3) is 0 Å². The minimum atomic E-state index is -0.400. The Morgan fingerprint density at radius 2 is 1.95 bits per heavy atom. The summed E-state index contributed by atoms with van der Waals surface area (Å²) in [7, 11) is 0. The number of carbonyl (C=O) groups is 1. The molecule has 2 saturated carbocycles. The van der Waals surface area contributed by atoms with Crippen LogP contribution in [0.5, 0.6) is 0 Å². The Bertz CT molecular complexity index is 336. The first kappa shape index (κ1) is 16.8. The van der Waals surface area contributed by atoms with Crippen molar-refractivity contribution in [3.8, 4) is 0 Å². The number of nitrogens with one attached hydrogen (secondary N) is 1. The molecule has 2 fully saturated rings. The summed E-state index contributed by atoms with van der Waals surface area (Å²) in [6, 6.07) is 0.521. The van der Waals surface area contributed by atoms with Crippen LogP contribution in [0.4, 0.5) is 0 Å². The zero-order chi connectivity index (χ0) is 15.3. The van der Waals surface area contributed by atoms with E-state index >= 15 is 0 Å². The first-order chi connectivity index (χ1) is 10.1. The van der Waals surface area contributed by atoms with Gasteiger partial charge < -0.3 is 4.74 Å². The van der Waals surface area contributed by atoms with Gasteiger partial charge in [0.2, 0.25) is 0 Å². The lowest BCUT2D eigenvalue weighted by Crippen LogP contribution is -2.58. The molecule has 2 aliphatic carbocycles. The average Bonchev–Trinajstić information content (AvgIpc) is 2.91. The van der Waals surface area contributed by atoms with Gasteiger partial charge in [0.15, 0.2) is 0 Å². The monoisotopic (exact) mass is 295 g/mol. The van der Waals surface area contributed by atoms with Crippen molar-refractivity contribution in [3.63, 3.8) is 0 Å². The molecule has 1 N–H and O–H groups in total. The molecule has 2 aliphatic rings. The number of carbonyl (C=O) groups excluding carboxylic acids is 1. The molecular formula is C18H33NO2. The van der Waals surface area contributed by atoms with Crippen LogP contribution >= 0.6 is 0 Å². The molecule has 0 bridgehead atoms. The van der Waals surface area contributed by atoms with Gasteiger partial charge in [-0.05, 0) is 50.9 Å². The van der Waals surface area contributed by atoms with Crippen molar-refractivity contribution in [2.45, 2.75) is 90.1 Å². The third-order valence-corrected chi connectivity index (χ3v) is 5.16. The molecule has 122 valence electrons. The van der Waals surface area contributed by atoms with Gasteiger partial charge >= 0.3 is 5.97 Å². The van der Waals surface area contributed by atoms with Crippen LogP contribution in [0.25, 0.3) is 0 Å². The number of rotatable bonds is 6. The molecular weight excluding hydrogens is 262 g/mol. The fraction of sp³-hybridized carbons (Fsp3) is 0.944. The van der Waals surface area contributed by atoms with E-state index in [1.807, 2.05) is 6.92 Å². The lowest BCUT2D eigenvalue weighted by molar-refractivity contribution is -0.154. The third-order valence-electron chi connectivity index (χ3n) is 5.16. The first-order valence-corrected chi connectivity index (χ1v) is 9.00. The summed E-state index contributed by atoms with van der Waals surface area (Å²) in [4.78, 5) is 12.7. The molecule has 0 radical (unpaired) electrons. The first-order valence-electron chi connectivity index (χ1n) is 9.00. The Morgan fingerprint density at radius 3 is 2.57 bits per heavy atom. The largest absolute Gasteiger partial charge is 0.465 e. The second-order valence-corrected chi connectivity index (χ2v) is 7.52. The van der Waals surface area contributed by atoms with Crippen molar-refractivity contribution in [2.24, 2.45) is 11.8 Å². The van der Waals surface area contributed by atoms with Gasteiger partial charge in [-0.3, -0.25) is 10.1 Å². The van der Waals surface area contributed by atoms with Gasteiger partial charge in [-0.15, -0.1) is 0 Å². The highest BCUT2D eigenvalue weighted by atomic mass is 16.5. The van der Waals surface area contributed by atoms with Crippen molar-refractivity contribution < 1.29 is 9.53 Å². The van der Waals surface area contributed by atoms with Crippen molar-refractivity contribution in [1.82, 2.24) is 5.32 Å². The number of hydrogen-bond acceptors (Lipinski definition) is 3.